The van der Waals surface area contributed by atoms with E-state index in [1.165, 1.54) is 12.5 Å². The number of carbonyl (C=O) groups is 2. The van der Waals surface area contributed by atoms with Gasteiger partial charge in [-0.05, 0) is 61.6 Å². The van der Waals surface area contributed by atoms with Gasteiger partial charge in [0.25, 0.3) is 0 Å². The van der Waals surface area contributed by atoms with Crippen LogP contribution in [0, 0.1) is 0 Å². The number of hydrogen-bond acceptors (Lipinski definition) is 3. The minimum absolute atomic E-state index is 0.0676. The van der Waals surface area contributed by atoms with E-state index in [0.29, 0.717) is 0 Å². The van der Waals surface area contributed by atoms with E-state index in [-0.39, 0.29) is 17.8 Å². The molecule has 27 heavy (non-hydrogen) atoms. The molecule has 0 aliphatic heterocycles. The second-order valence-electron chi connectivity index (χ2n) is 7.35. The number of ketones is 1. The van der Waals surface area contributed by atoms with E-state index in [0.717, 1.165) is 42.4 Å². The third-order valence-electron chi connectivity index (χ3n) is 5.25. The van der Waals surface area contributed by atoms with Crippen molar-refractivity contribution in [3.8, 4) is 0 Å². The summed E-state index contributed by atoms with van der Waals surface area (Å²) in [5.41, 5.74) is 1.35. The normalized spacial score (nSPS) is 20.3. The number of carbonyl (C=O) groups excluding carboxylic acids is 2. The lowest BCUT2D eigenvalue weighted by Crippen LogP contribution is -2.55. The standard InChI is InChI=1S/C23H27NO3/c1-17-15-20(25)16-18(2)23(17,27-21-11-7-4-8-12-21)24-22(26)14-13-19-9-5-3-6-10-19/h3,5-6,9-10,13-16,21H,4,7-8,11-12H2,1-2H3,(H,24,26)/b14-13+. The third kappa shape index (κ3) is 4.64. The molecule has 0 aromatic heterocycles. The predicted octanol–water partition coefficient (Wildman–Crippen LogP) is 4.34. The molecule has 1 aromatic rings. The van der Waals surface area contributed by atoms with Crippen LogP contribution in [0.1, 0.15) is 51.5 Å². The zero-order chi connectivity index (χ0) is 19.3. The van der Waals surface area contributed by atoms with E-state index < -0.39 is 5.72 Å². The minimum atomic E-state index is -1.05. The van der Waals surface area contributed by atoms with Crippen molar-refractivity contribution in [3.63, 3.8) is 0 Å². The van der Waals surface area contributed by atoms with Crippen molar-refractivity contribution in [2.45, 2.75) is 57.8 Å². The highest BCUT2D eigenvalue weighted by molar-refractivity contribution is 6.02. The summed E-state index contributed by atoms with van der Waals surface area (Å²) in [6.07, 6.45) is 11.9. The minimum Gasteiger partial charge on any atom is -0.345 e. The molecule has 4 nitrogen and oxygen atoms in total. The second-order valence-corrected chi connectivity index (χ2v) is 7.35. The summed E-state index contributed by atoms with van der Waals surface area (Å²) < 4.78 is 6.46. The van der Waals surface area contributed by atoms with Crippen LogP contribution in [0.5, 0.6) is 0 Å². The molecule has 0 radical (unpaired) electrons. The van der Waals surface area contributed by atoms with Crippen LogP contribution in [0.2, 0.25) is 0 Å². The van der Waals surface area contributed by atoms with Crippen molar-refractivity contribution in [2.75, 3.05) is 0 Å². The maximum absolute atomic E-state index is 12.7. The van der Waals surface area contributed by atoms with E-state index in [1.807, 2.05) is 44.2 Å². The van der Waals surface area contributed by atoms with Gasteiger partial charge in [-0.1, -0.05) is 49.6 Å². The molecule has 0 unspecified atom stereocenters. The van der Waals surface area contributed by atoms with Gasteiger partial charge >= 0.3 is 0 Å². The van der Waals surface area contributed by atoms with Crippen LogP contribution in [0.25, 0.3) is 6.08 Å². The second kappa shape index (κ2) is 8.49. The summed E-state index contributed by atoms with van der Waals surface area (Å²) in [4.78, 5) is 24.6. The Morgan fingerprint density at radius 2 is 1.70 bits per heavy atom. The van der Waals surface area contributed by atoms with Crippen LogP contribution in [-0.2, 0) is 14.3 Å². The Balaban J connectivity index is 1.82. The summed E-state index contributed by atoms with van der Waals surface area (Å²) in [7, 11) is 0. The number of ether oxygens (including phenoxy) is 1. The van der Waals surface area contributed by atoms with Crippen LogP contribution in [0.15, 0.2) is 59.7 Å². The lowest BCUT2D eigenvalue weighted by molar-refractivity contribution is -0.130. The number of amides is 1. The van der Waals surface area contributed by atoms with Gasteiger partial charge in [-0.15, -0.1) is 0 Å². The summed E-state index contributed by atoms with van der Waals surface area (Å²) in [5.74, 6) is -0.313. The fourth-order valence-corrected chi connectivity index (χ4v) is 3.78. The van der Waals surface area contributed by atoms with Gasteiger partial charge in [0.1, 0.15) is 0 Å². The topological polar surface area (TPSA) is 55.4 Å². The number of rotatable bonds is 5. The SMILES string of the molecule is CC1=CC(=O)C=C(C)C1(NC(=O)/C=C/c1ccccc1)OC1CCCCC1. The Labute approximate surface area is 161 Å². The van der Waals surface area contributed by atoms with Crippen molar-refractivity contribution < 1.29 is 14.3 Å². The summed E-state index contributed by atoms with van der Waals surface area (Å²) in [6, 6.07) is 9.67. The molecule has 1 amide bonds. The molecule has 4 heteroatoms. The Bertz CT molecular complexity index is 761. The van der Waals surface area contributed by atoms with E-state index >= 15 is 0 Å². The average Bonchev–Trinajstić information content (AvgIpc) is 2.66. The highest BCUT2D eigenvalue weighted by Crippen LogP contribution is 2.35. The monoisotopic (exact) mass is 365 g/mol. The molecule has 0 spiro atoms. The van der Waals surface area contributed by atoms with Gasteiger partial charge in [-0.2, -0.15) is 0 Å². The highest BCUT2D eigenvalue weighted by atomic mass is 16.5. The van der Waals surface area contributed by atoms with Crippen LogP contribution in [-0.4, -0.2) is 23.5 Å². The zero-order valence-corrected chi connectivity index (χ0v) is 16.0. The Kier molecular flexibility index (Phi) is 6.07. The first-order valence-corrected chi connectivity index (χ1v) is 9.64. The number of benzene rings is 1. The molecule has 0 bridgehead atoms. The summed E-state index contributed by atoms with van der Waals surface area (Å²) in [5, 5.41) is 3.03. The maximum Gasteiger partial charge on any atom is 0.246 e. The molecule has 3 rings (SSSR count). The van der Waals surface area contributed by atoms with Crippen molar-refractivity contribution in [2.24, 2.45) is 0 Å². The van der Waals surface area contributed by atoms with E-state index in [2.05, 4.69) is 5.32 Å². The molecule has 1 aromatic carbocycles. The third-order valence-corrected chi connectivity index (χ3v) is 5.25. The van der Waals surface area contributed by atoms with E-state index in [1.54, 1.807) is 18.2 Å². The van der Waals surface area contributed by atoms with Crippen LogP contribution in [0.4, 0.5) is 0 Å². The Morgan fingerprint density at radius 3 is 2.33 bits per heavy atom. The Hall–Kier alpha value is -2.46. The molecule has 0 saturated heterocycles. The quantitative estimate of drug-likeness (QED) is 0.624. The Morgan fingerprint density at radius 1 is 1.07 bits per heavy atom. The first-order valence-electron chi connectivity index (χ1n) is 9.64. The smallest absolute Gasteiger partial charge is 0.246 e. The van der Waals surface area contributed by atoms with E-state index in [4.69, 9.17) is 4.74 Å². The van der Waals surface area contributed by atoms with Crippen LogP contribution in [0.3, 0.4) is 0 Å². The molecule has 0 atom stereocenters. The van der Waals surface area contributed by atoms with Gasteiger partial charge in [0, 0.05) is 6.08 Å². The molecular formula is C23H27NO3. The average molecular weight is 365 g/mol. The largest absolute Gasteiger partial charge is 0.345 e. The van der Waals surface area contributed by atoms with Gasteiger partial charge < -0.3 is 10.1 Å². The van der Waals surface area contributed by atoms with Gasteiger partial charge in [0.05, 0.1) is 6.10 Å². The van der Waals surface area contributed by atoms with Gasteiger partial charge in [0.15, 0.2) is 11.5 Å². The van der Waals surface area contributed by atoms with Crippen LogP contribution >= 0.6 is 0 Å². The molecule has 142 valence electrons. The fraction of sp³-hybridized carbons (Fsp3) is 0.391. The fourth-order valence-electron chi connectivity index (χ4n) is 3.78. The first-order chi connectivity index (χ1) is 13.0. The molecule has 1 saturated carbocycles. The molecule has 2 aliphatic rings. The highest BCUT2D eigenvalue weighted by Gasteiger charge is 2.41. The number of hydrogen-bond donors (Lipinski definition) is 1. The lowest BCUT2D eigenvalue weighted by Gasteiger charge is -2.41. The van der Waals surface area contributed by atoms with Crippen molar-refractivity contribution in [3.05, 3.63) is 65.3 Å². The summed E-state index contributed by atoms with van der Waals surface area (Å²) >= 11 is 0. The van der Waals surface area contributed by atoms with Crippen LogP contribution < -0.4 is 5.32 Å². The molecule has 1 fully saturated rings. The first kappa shape index (κ1) is 19.3. The summed E-state index contributed by atoms with van der Waals surface area (Å²) in [6.45, 7) is 3.69. The maximum atomic E-state index is 12.7. The van der Waals surface area contributed by atoms with Crippen molar-refractivity contribution >= 4 is 17.8 Å². The molecule has 1 N–H and O–H groups in total. The van der Waals surface area contributed by atoms with E-state index in [9.17, 15) is 9.59 Å². The van der Waals surface area contributed by atoms with Crippen molar-refractivity contribution in [1.82, 2.24) is 5.32 Å². The van der Waals surface area contributed by atoms with Gasteiger partial charge in [-0.3, -0.25) is 9.59 Å². The predicted molar refractivity (Wildman–Crippen MR) is 107 cm³/mol. The zero-order valence-electron chi connectivity index (χ0n) is 16.0. The van der Waals surface area contributed by atoms with Crippen molar-refractivity contribution in [1.29, 1.82) is 0 Å². The molecule has 2 aliphatic carbocycles. The molecule has 0 heterocycles. The molecular weight excluding hydrogens is 338 g/mol. The number of nitrogens with one attached hydrogen (secondary N) is 1. The number of allylic oxidation sites excluding steroid dienone is 2. The lowest BCUT2D eigenvalue weighted by atomic mass is 9.88. The van der Waals surface area contributed by atoms with Gasteiger partial charge in [-0.25, -0.2) is 0 Å². The van der Waals surface area contributed by atoms with Gasteiger partial charge in [0.2, 0.25) is 5.91 Å².